The molecule has 0 amide bonds. The van der Waals surface area contributed by atoms with E-state index >= 15 is 0 Å². The summed E-state index contributed by atoms with van der Waals surface area (Å²) in [6.07, 6.45) is 5.05. The first-order valence-corrected chi connectivity index (χ1v) is 9.91. The third kappa shape index (κ3) is 4.68. The van der Waals surface area contributed by atoms with Crippen molar-refractivity contribution in [2.45, 2.75) is 39.7 Å². The van der Waals surface area contributed by atoms with Crippen molar-refractivity contribution in [3.05, 3.63) is 64.2 Å². The highest BCUT2D eigenvalue weighted by Gasteiger charge is 2.20. The van der Waals surface area contributed by atoms with Gasteiger partial charge < -0.3 is 14.6 Å². The molecule has 0 unspecified atom stereocenters. The first-order valence-electron chi connectivity index (χ1n) is 9.91. The van der Waals surface area contributed by atoms with E-state index in [2.05, 4.69) is 37.0 Å². The molecule has 0 saturated heterocycles. The number of nitrogens with zero attached hydrogens (tertiary/aromatic N) is 1. The lowest BCUT2D eigenvalue weighted by Gasteiger charge is -2.27. The van der Waals surface area contributed by atoms with Crippen LogP contribution in [0.1, 0.15) is 36.1 Å². The predicted octanol–water partition coefficient (Wildman–Crippen LogP) is 4.52. The smallest absolute Gasteiger partial charge is 0.165 e. The number of ether oxygens (including phenoxy) is 2. The second kappa shape index (κ2) is 9.16. The van der Waals surface area contributed by atoms with E-state index in [0.717, 1.165) is 50.4 Å². The Morgan fingerprint density at radius 1 is 1.00 bits per heavy atom. The summed E-state index contributed by atoms with van der Waals surface area (Å²) in [6.45, 7) is 6.94. The molecule has 0 aromatic heterocycles. The largest absolute Gasteiger partial charge is 0.508 e. The number of benzene rings is 2. The molecule has 0 fully saturated rings. The second-order valence-electron chi connectivity index (χ2n) is 7.66. The zero-order valence-corrected chi connectivity index (χ0v) is 17.4. The Balaban J connectivity index is 2.04. The van der Waals surface area contributed by atoms with E-state index in [9.17, 15) is 5.11 Å². The Hall–Kier alpha value is -2.46. The number of aromatic hydroxyl groups is 1. The van der Waals surface area contributed by atoms with E-state index < -0.39 is 0 Å². The normalized spacial score (nSPS) is 14.6. The minimum Gasteiger partial charge on any atom is -0.508 e. The zero-order chi connectivity index (χ0) is 20.1. The fourth-order valence-electron chi connectivity index (χ4n) is 3.85. The van der Waals surface area contributed by atoms with Gasteiger partial charge in [-0.25, -0.2) is 0 Å². The first-order chi connectivity index (χ1) is 13.5. The van der Waals surface area contributed by atoms with E-state index in [4.69, 9.17) is 9.47 Å². The van der Waals surface area contributed by atoms with Gasteiger partial charge in [0.05, 0.1) is 14.2 Å². The van der Waals surface area contributed by atoms with Gasteiger partial charge in [0.15, 0.2) is 11.5 Å². The van der Waals surface area contributed by atoms with Gasteiger partial charge in [0.25, 0.3) is 0 Å². The summed E-state index contributed by atoms with van der Waals surface area (Å²) in [4.78, 5) is 2.45. The maximum Gasteiger partial charge on any atom is 0.165 e. The lowest BCUT2D eigenvalue weighted by molar-refractivity contribution is 0.285. The van der Waals surface area contributed by atoms with Crippen molar-refractivity contribution in [1.82, 2.24) is 4.90 Å². The molecule has 150 valence electrons. The van der Waals surface area contributed by atoms with Gasteiger partial charge in [0.1, 0.15) is 5.75 Å². The maximum atomic E-state index is 9.96. The summed E-state index contributed by atoms with van der Waals surface area (Å²) in [5, 5.41) is 9.96. The molecule has 1 aliphatic rings. The summed E-state index contributed by atoms with van der Waals surface area (Å²) in [6, 6.07) is 9.93. The van der Waals surface area contributed by atoms with Crippen LogP contribution in [-0.4, -0.2) is 37.3 Å². The molecule has 4 nitrogen and oxygen atoms in total. The molecule has 0 radical (unpaired) electrons. The quantitative estimate of drug-likeness (QED) is 0.791. The predicted molar refractivity (Wildman–Crippen MR) is 113 cm³/mol. The molecule has 2 aromatic carbocycles. The summed E-state index contributed by atoms with van der Waals surface area (Å²) in [5.41, 5.74) is 6.35. The Labute approximate surface area is 168 Å². The van der Waals surface area contributed by atoms with Crippen molar-refractivity contribution >= 4 is 0 Å². The number of fused-ring (bicyclic) bond motifs is 2. The summed E-state index contributed by atoms with van der Waals surface area (Å²) in [7, 11) is 3.40. The lowest BCUT2D eigenvalue weighted by Crippen LogP contribution is -2.28. The number of aryl methyl sites for hydroxylation is 2. The molecule has 3 rings (SSSR count). The van der Waals surface area contributed by atoms with Gasteiger partial charge in [0.2, 0.25) is 0 Å². The third-order valence-electron chi connectivity index (χ3n) is 5.44. The highest BCUT2D eigenvalue weighted by molar-refractivity contribution is 5.51. The van der Waals surface area contributed by atoms with Crippen LogP contribution < -0.4 is 9.47 Å². The average Bonchev–Trinajstić information content (AvgIpc) is 2.69. The average molecular weight is 382 g/mol. The van der Waals surface area contributed by atoms with Gasteiger partial charge in [-0.05, 0) is 68.0 Å². The number of phenolic OH excluding ortho intramolecular Hbond substituents is 1. The topological polar surface area (TPSA) is 41.9 Å². The third-order valence-corrected chi connectivity index (χ3v) is 5.44. The first kappa shape index (κ1) is 20.3. The molecular weight excluding hydrogens is 350 g/mol. The van der Waals surface area contributed by atoms with E-state index in [1.165, 1.54) is 27.8 Å². The standard InChI is InChI=1S/C24H31NO3/c1-17(2)11-13-25-14-12-18-7-9-21(26)15-20(18)6-5-19-8-10-23(27-3)24(28-4)22(19)16-25/h7-11,15,26H,5-6,12-14,16H2,1-4H3. The molecule has 0 aliphatic carbocycles. The molecule has 28 heavy (non-hydrogen) atoms. The molecule has 2 aromatic rings. The van der Waals surface area contributed by atoms with Crippen molar-refractivity contribution in [3.8, 4) is 17.2 Å². The van der Waals surface area contributed by atoms with Crippen LogP contribution in [0, 0.1) is 0 Å². The minimum atomic E-state index is 0.338. The fraction of sp³-hybridized carbons (Fsp3) is 0.417. The lowest BCUT2D eigenvalue weighted by atomic mass is 9.93. The number of methoxy groups -OCH3 is 2. The molecule has 1 aliphatic heterocycles. The van der Waals surface area contributed by atoms with Crippen LogP contribution in [0.25, 0.3) is 0 Å². The molecule has 1 heterocycles. The highest BCUT2D eigenvalue weighted by Crippen LogP contribution is 2.36. The zero-order valence-electron chi connectivity index (χ0n) is 17.4. The monoisotopic (exact) mass is 381 g/mol. The second-order valence-corrected chi connectivity index (χ2v) is 7.66. The number of allylic oxidation sites excluding steroid dienone is 1. The summed E-state index contributed by atoms with van der Waals surface area (Å²) >= 11 is 0. The van der Waals surface area contributed by atoms with E-state index in [-0.39, 0.29) is 0 Å². The Kier molecular flexibility index (Phi) is 6.63. The molecule has 4 heteroatoms. The van der Waals surface area contributed by atoms with Gasteiger partial charge in [-0.15, -0.1) is 0 Å². The molecule has 0 bridgehead atoms. The van der Waals surface area contributed by atoms with Crippen LogP contribution in [0.3, 0.4) is 0 Å². The minimum absolute atomic E-state index is 0.338. The Bertz CT molecular complexity index is 853. The van der Waals surface area contributed by atoms with Gasteiger partial charge >= 0.3 is 0 Å². The number of phenols is 1. The number of hydrogen-bond acceptors (Lipinski definition) is 4. The SMILES string of the molecule is COc1ccc2c(c1OC)CN(CC=C(C)C)CCc1ccc(O)cc1CC2. The van der Waals surface area contributed by atoms with Crippen molar-refractivity contribution in [3.63, 3.8) is 0 Å². The Morgan fingerprint density at radius 2 is 1.75 bits per heavy atom. The summed E-state index contributed by atoms with van der Waals surface area (Å²) < 4.78 is 11.3. The van der Waals surface area contributed by atoms with Crippen LogP contribution in [0.2, 0.25) is 0 Å². The van der Waals surface area contributed by atoms with E-state index in [1.807, 2.05) is 12.1 Å². The molecular formula is C24H31NO3. The van der Waals surface area contributed by atoms with Crippen LogP contribution in [0.5, 0.6) is 17.2 Å². The van der Waals surface area contributed by atoms with Crippen LogP contribution >= 0.6 is 0 Å². The van der Waals surface area contributed by atoms with Crippen molar-refractivity contribution in [2.24, 2.45) is 0 Å². The van der Waals surface area contributed by atoms with Gasteiger partial charge in [-0.1, -0.05) is 23.8 Å². The van der Waals surface area contributed by atoms with Gasteiger partial charge in [-0.2, -0.15) is 0 Å². The molecule has 0 spiro atoms. The highest BCUT2D eigenvalue weighted by atomic mass is 16.5. The maximum absolute atomic E-state index is 9.96. The fourth-order valence-corrected chi connectivity index (χ4v) is 3.85. The van der Waals surface area contributed by atoms with Crippen molar-refractivity contribution in [2.75, 3.05) is 27.3 Å². The van der Waals surface area contributed by atoms with Gasteiger partial charge in [0, 0.05) is 25.2 Å². The molecule has 0 atom stereocenters. The number of hydrogen-bond donors (Lipinski definition) is 1. The van der Waals surface area contributed by atoms with Crippen LogP contribution in [0.15, 0.2) is 42.0 Å². The molecule has 0 saturated carbocycles. The van der Waals surface area contributed by atoms with E-state index in [0.29, 0.717) is 5.75 Å². The molecule has 1 N–H and O–H groups in total. The number of rotatable bonds is 4. The van der Waals surface area contributed by atoms with Crippen LogP contribution in [-0.2, 0) is 25.8 Å². The van der Waals surface area contributed by atoms with Gasteiger partial charge in [-0.3, -0.25) is 4.90 Å². The van der Waals surface area contributed by atoms with Crippen molar-refractivity contribution < 1.29 is 14.6 Å². The van der Waals surface area contributed by atoms with Crippen LogP contribution in [0.4, 0.5) is 0 Å². The van der Waals surface area contributed by atoms with Crippen molar-refractivity contribution in [1.29, 1.82) is 0 Å². The summed E-state index contributed by atoms with van der Waals surface area (Å²) in [5.74, 6) is 1.95. The Morgan fingerprint density at radius 3 is 2.46 bits per heavy atom. The van der Waals surface area contributed by atoms with E-state index in [1.54, 1.807) is 20.3 Å².